The number of amides is 2. The largest absolute Gasteiger partial charge is 0.383 e. The summed E-state index contributed by atoms with van der Waals surface area (Å²) in [5.74, 6) is -1.46. The Balaban J connectivity index is 2.68. The first-order chi connectivity index (χ1) is 10.1. The highest BCUT2D eigenvalue weighted by Crippen LogP contribution is 2.17. The minimum atomic E-state index is -0.780. The molecule has 8 heteroatoms. The average molecular weight is 316 g/mol. The van der Waals surface area contributed by atoms with Gasteiger partial charge in [-0.3, -0.25) is 9.59 Å². The number of carbonyl (C=O) groups is 2. The molecule has 0 fully saturated rings. The Morgan fingerprint density at radius 2 is 1.90 bits per heavy atom. The van der Waals surface area contributed by atoms with Crippen LogP contribution in [0.1, 0.15) is 0 Å². The van der Waals surface area contributed by atoms with Crippen molar-refractivity contribution >= 4 is 29.1 Å². The summed E-state index contributed by atoms with van der Waals surface area (Å²) in [5, 5.41) is 2.56. The lowest BCUT2D eigenvalue weighted by atomic mass is 10.3. The van der Waals surface area contributed by atoms with Crippen LogP contribution in [-0.2, 0) is 19.1 Å². The molecule has 1 heterocycles. The van der Waals surface area contributed by atoms with E-state index in [0.717, 1.165) is 0 Å². The number of anilines is 1. The van der Waals surface area contributed by atoms with E-state index in [4.69, 9.17) is 21.1 Å². The first-order valence-corrected chi connectivity index (χ1v) is 6.66. The number of rotatable bonds is 7. The first kappa shape index (κ1) is 17.4. The van der Waals surface area contributed by atoms with Gasteiger partial charge in [-0.25, -0.2) is 4.98 Å². The predicted octanol–water partition coefficient (Wildman–Crippen LogP) is 0.795. The van der Waals surface area contributed by atoms with Gasteiger partial charge in [0.25, 0.3) is 0 Å². The molecule has 116 valence electrons. The highest BCUT2D eigenvalue weighted by molar-refractivity contribution is 6.41. The van der Waals surface area contributed by atoms with Crippen LogP contribution >= 0.6 is 11.6 Å². The Morgan fingerprint density at radius 3 is 2.43 bits per heavy atom. The summed E-state index contributed by atoms with van der Waals surface area (Å²) in [6, 6.07) is 3.18. The summed E-state index contributed by atoms with van der Waals surface area (Å²) < 4.78 is 9.84. The van der Waals surface area contributed by atoms with E-state index in [0.29, 0.717) is 26.3 Å². The van der Waals surface area contributed by atoms with Crippen molar-refractivity contribution in [1.29, 1.82) is 0 Å². The predicted molar refractivity (Wildman–Crippen MR) is 78.2 cm³/mol. The zero-order valence-corrected chi connectivity index (χ0v) is 12.7. The second-order valence-corrected chi connectivity index (χ2v) is 4.43. The summed E-state index contributed by atoms with van der Waals surface area (Å²) in [4.78, 5) is 29.2. The van der Waals surface area contributed by atoms with Gasteiger partial charge in [0.15, 0.2) is 5.15 Å². The van der Waals surface area contributed by atoms with Crippen LogP contribution in [0.4, 0.5) is 5.69 Å². The molecule has 0 saturated carbocycles. The molecule has 0 aliphatic heterocycles. The van der Waals surface area contributed by atoms with Crippen molar-refractivity contribution in [2.24, 2.45) is 0 Å². The maximum Gasteiger partial charge on any atom is 0.313 e. The fraction of sp³-hybridized carbons (Fsp3) is 0.462. The Kier molecular flexibility index (Phi) is 7.66. The zero-order chi connectivity index (χ0) is 15.7. The molecule has 0 aromatic carbocycles. The smallest absolute Gasteiger partial charge is 0.313 e. The number of hydrogen-bond donors (Lipinski definition) is 1. The van der Waals surface area contributed by atoms with Gasteiger partial charge >= 0.3 is 11.8 Å². The number of carbonyl (C=O) groups excluding carboxylic acids is 2. The van der Waals surface area contributed by atoms with Crippen LogP contribution in [-0.4, -0.2) is 62.2 Å². The Morgan fingerprint density at radius 1 is 1.29 bits per heavy atom. The van der Waals surface area contributed by atoms with Crippen LogP contribution in [0.15, 0.2) is 18.3 Å². The summed E-state index contributed by atoms with van der Waals surface area (Å²) in [6.07, 6.45) is 1.49. The van der Waals surface area contributed by atoms with Gasteiger partial charge in [0.1, 0.15) is 0 Å². The highest BCUT2D eigenvalue weighted by Gasteiger charge is 2.22. The zero-order valence-electron chi connectivity index (χ0n) is 12.0. The van der Waals surface area contributed by atoms with E-state index in [1.807, 2.05) is 0 Å². The second-order valence-electron chi connectivity index (χ2n) is 4.07. The molecule has 21 heavy (non-hydrogen) atoms. The molecular formula is C13H18ClN3O4. The van der Waals surface area contributed by atoms with Crippen LogP contribution < -0.4 is 5.32 Å². The van der Waals surface area contributed by atoms with Crippen molar-refractivity contribution < 1.29 is 19.1 Å². The van der Waals surface area contributed by atoms with Gasteiger partial charge in [0, 0.05) is 33.5 Å². The molecule has 0 saturated heterocycles. The van der Waals surface area contributed by atoms with Crippen molar-refractivity contribution in [3.8, 4) is 0 Å². The monoisotopic (exact) mass is 315 g/mol. The van der Waals surface area contributed by atoms with Gasteiger partial charge in [0.2, 0.25) is 0 Å². The van der Waals surface area contributed by atoms with E-state index < -0.39 is 11.8 Å². The summed E-state index contributed by atoms with van der Waals surface area (Å²) in [5.41, 5.74) is 0.288. The van der Waals surface area contributed by atoms with Gasteiger partial charge in [-0.15, -0.1) is 0 Å². The van der Waals surface area contributed by atoms with Crippen molar-refractivity contribution in [3.63, 3.8) is 0 Å². The van der Waals surface area contributed by atoms with Crippen LogP contribution in [0.5, 0.6) is 0 Å². The molecule has 0 spiro atoms. The Bertz CT molecular complexity index is 476. The average Bonchev–Trinajstić information content (AvgIpc) is 2.49. The number of hydrogen-bond acceptors (Lipinski definition) is 5. The number of ether oxygens (including phenoxy) is 2. The van der Waals surface area contributed by atoms with Gasteiger partial charge in [-0.2, -0.15) is 0 Å². The van der Waals surface area contributed by atoms with E-state index in [9.17, 15) is 9.59 Å². The maximum absolute atomic E-state index is 12.1. The van der Waals surface area contributed by atoms with Crippen molar-refractivity contribution in [1.82, 2.24) is 9.88 Å². The molecule has 0 unspecified atom stereocenters. The molecule has 0 aliphatic carbocycles. The number of nitrogens with one attached hydrogen (secondary N) is 1. The molecule has 0 atom stereocenters. The third-order valence-electron chi connectivity index (χ3n) is 2.62. The van der Waals surface area contributed by atoms with Gasteiger partial charge < -0.3 is 19.7 Å². The fourth-order valence-electron chi connectivity index (χ4n) is 1.52. The molecule has 0 radical (unpaired) electrons. The summed E-state index contributed by atoms with van der Waals surface area (Å²) >= 11 is 5.83. The SMILES string of the molecule is COCCN(CCOC)C(=O)C(=O)Nc1cccnc1Cl. The van der Waals surface area contributed by atoms with Crippen molar-refractivity contribution in [2.75, 3.05) is 45.8 Å². The molecule has 0 bridgehead atoms. The van der Waals surface area contributed by atoms with Gasteiger partial charge in [-0.1, -0.05) is 11.6 Å². The third kappa shape index (κ3) is 5.66. The molecule has 1 aromatic rings. The van der Waals surface area contributed by atoms with Crippen LogP contribution in [0.3, 0.4) is 0 Å². The van der Waals surface area contributed by atoms with E-state index in [-0.39, 0.29) is 10.8 Å². The Hall–Kier alpha value is -1.70. The molecule has 1 aromatic heterocycles. The van der Waals surface area contributed by atoms with Gasteiger partial charge in [0.05, 0.1) is 18.9 Å². The quantitative estimate of drug-likeness (QED) is 0.594. The number of halogens is 1. The van der Waals surface area contributed by atoms with Crippen LogP contribution in [0.2, 0.25) is 5.15 Å². The molecule has 0 aliphatic rings. The first-order valence-electron chi connectivity index (χ1n) is 6.28. The number of methoxy groups -OCH3 is 2. The van der Waals surface area contributed by atoms with E-state index in [2.05, 4.69) is 10.3 Å². The normalized spacial score (nSPS) is 10.2. The van der Waals surface area contributed by atoms with Crippen molar-refractivity contribution in [2.45, 2.75) is 0 Å². The van der Waals surface area contributed by atoms with E-state index in [1.54, 1.807) is 12.1 Å². The van der Waals surface area contributed by atoms with Gasteiger partial charge in [-0.05, 0) is 12.1 Å². The van der Waals surface area contributed by atoms with E-state index in [1.165, 1.54) is 25.3 Å². The minimum Gasteiger partial charge on any atom is -0.383 e. The maximum atomic E-state index is 12.1. The lowest BCUT2D eigenvalue weighted by Crippen LogP contribution is -2.43. The molecule has 1 rings (SSSR count). The molecule has 2 amide bonds. The van der Waals surface area contributed by atoms with Crippen LogP contribution in [0.25, 0.3) is 0 Å². The number of pyridine rings is 1. The lowest BCUT2D eigenvalue weighted by Gasteiger charge is -2.21. The van der Waals surface area contributed by atoms with Crippen molar-refractivity contribution in [3.05, 3.63) is 23.5 Å². The third-order valence-corrected chi connectivity index (χ3v) is 2.92. The lowest BCUT2D eigenvalue weighted by molar-refractivity contribution is -0.144. The highest BCUT2D eigenvalue weighted by atomic mass is 35.5. The fourth-order valence-corrected chi connectivity index (χ4v) is 1.68. The Labute approximate surface area is 128 Å². The number of nitrogens with zero attached hydrogens (tertiary/aromatic N) is 2. The molecule has 1 N–H and O–H groups in total. The summed E-state index contributed by atoms with van der Waals surface area (Å²) in [7, 11) is 3.04. The minimum absolute atomic E-state index is 0.124. The molecular weight excluding hydrogens is 298 g/mol. The van der Waals surface area contributed by atoms with E-state index >= 15 is 0 Å². The number of aromatic nitrogens is 1. The topological polar surface area (TPSA) is 80.8 Å². The standard InChI is InChI=1S/C13H18ClN3O4/c1-20-8-6-17(7-9-21-2)13(19)12(18)16-10-4-3-5-15-11(10)14/h3-5H,6-9H2,1-2H3,(H,16,18). The second kappa shape index (κ2) is 9.28. The van der Waals surface area contributed by atoms with Crippen LogP contribution in [0, 0.1) is 0 Å². The molecule has 7 nitrogen and oxygen atoms in total. The summed E-state index contributed by atoms with van der Waals surface area (Å²) in [6.45, 7) is 1.26.